The highest BCUT2D eigenvalue weighted by Crippen LogP contribution is 2.42. The van der Waals surface area contributed by atoms with Crippen molar-refractivity contribution in [1.29, 1.82) is 0 Å². The monoisotopic (exact) mass is 935 g/mol. The Morgan fingerprint density at radius 3 is 2.19 bits per heavy atom. The van der Waals surface area contributed by atoms with Gasteiger partial charge in [-0.15, -0.1) is 0 Å². The van der Waals surface area contributed by atoms with E-state index in [1.165, 1.54) is 14.2 Å². The molecule has 0 bridgehead atoms. The summed E-state index contributed by atoms with van der Waals surface area (Å²) in [5.74, 6) is 2.44. The first-order chi connectivity index (χ1) is 32.4. The normalized spacial score (nSPS) is 12.2. The number of H-pyrrole nitrogens is 2. The number of imidazole rings is 2. The number of hydrogen-bond donors (Lipinski definition) is 4. The molecule has 0 fully saturated rings. The molecule has 0 saturated carbocycles. The van der Waals surface area contributed by atoms with Crippen molar-refractivity contribution in [3.05, 3.63) is 102 Å². The molecule has 3 heterocycles. The lowest BCUT2D eigenvalue weighted by Crippen LogP contribution is -2.43. The van der Waals surface area contributed by atoms with Gasteiger partial charge in [0.25, 0.3) is 0 Å². The number of carbonyl (C=O) groups is 4. The first-order valence-corrected chi connectivity index (χ1v) is 23.4. The number of methoxy groups -OCH3 is 2. The van der Waals surface area contributed by atoms with Crippen molar-refractivity contribution in [1.82, 2.24) is 35.1 Å². The average Bonchev–Trinajstić information content (AvgIpc) is 4.02. The van der Waals surface area contributed by atoms with Gasteiger partial charge in [-0.1, -0.05) is 118 Å². The molecule has 7 rings (SSSR count). The van der Waals surface area contributed by atoms with Gasteiger partial charge in [0.2, 0.25) is 11.8 Å². The summed E-state index contributed by atoms with van der Waals surface area (Å²) in [6.45, 7) is 20.0. The van der Waals surface area contributed by atoms with Crippen molar-refractivity contribution in [2.45, 2.75) is 127 Å². The summed E-state index contributed by atoms with van der Waals surface area (Å²) in [5, 5.41) is 4.68. The van der Waals surface area contributed by atoms with Gasteiger partial charge in [0.1, 0.15) is 30.0 Å². The lowest BCUT2D eigenvalue weighted by Gasteiger charge is -2.29. The second-order valence-electron chi connectivity index (χ2n) is 15.9. The van der Waals surface area contributed by atoms with E-state index in [2.05, 4.69) is 94.8 Å². The SMILES string of the molecule is C.CC.CC.CCCN(Cc1nc2c(ccc3cc4c(cc32)OCc2cc(-c3cnc(CN(C(=O)CC(C)CC)[C@@H](C)CC)[nH]3)ccc2-4)[nH]1)C(=O)C(NC(=O)OC)c1ccccc1.COC(N)=O. The highest BCUT2D eigenvalue weighted by atomic mass is 16.5. The van der Waals surface area contributed by atoms with Gasteiger partial charge in [0.05, 0.1) is 50.2 Å². The minimum absolute atomic E-state index is 0. The van der Waals surface area contributed by atoms with Crippen LogP contribution in [0.4, 0.5) is 9.59 Å². The Morgan fingerprint density at radius 1 is 0.853 bits per heavy atom. The van der Waals surface area contributed by atoms with Crippen LogP contribution in [-0.4, -0.2) is 80.5 Å². The number of carbonyl (C=O) groups excluding carboxylic acids is 4. The lowest BCUT2D eigenvalue weighted by molar-refractivity contribution is -0.135. The summed E-state index contributed by atoms with van der Waals surface area (Å²) in [5.41, 5.74) is 11.8. The van der Waals surface area contributed by atoms with Crippen LogP contribution in [0.2, 0.25) is 0 Å². The number of hydrogen-bond acceptors (Lipinski definition) is 9. The van der Waals surface area contributed by atoms with Crippen molar-refractivity contribution >= 4 is 45.8 Å². The molecule has 0 aliphatic carbocycles. The molecule has 5 N–H and O–H groups in total. The predicted molar refractivity (Wildman–Crippen MR) is 272 cm³/mol. The zero-order chi connectivity index (χ0) is 49.2. The molecule has 4 amide bonds. The van der Waals surface area contributed by atoms with E-state index < -0.39 is 18.2 Å². The highest BCUT2D eigenvalue weighted by Gasteiger charge is 2.29. The quantitative estimate of drug-likeness (QED) is 0.0774. The maximum Gasteiger partial charge on any atom is 0.407 e. The fraction of sp³-hybridized carbons (Fsp3) is 0.434. The zero-order valence-corrected chi connectivity index (χ0v) is 41.1. The molecule has 15 nitrogen and oxygen atoms in total. The number of amides is 4. The van der Waals surface area contributed by atoms with Crippen LogP contribution >= 0.6 is 0 Å². The van der Waals surface area contributed by atoms with Gasteiger partial charge in [-0.05, 0) is 77.6 Å². The molecule has 68 heavy (non-hydrogen) atoms. The fourth-order valence-electron chi connectivity index (χ4n) is 7.61. The third kappa shape index (κ3) is 13.8. The lowest BCUT2D eigenvalue weighted by atomic mass is 9.92. The summed E-state index contributed by atoms with van der Waals surface area (Å²) in [6.07, 6.45) is 3.54. The topological polar surface area (TPSA) is 198 Å². The molecule has 1 aliphatic rings. The summed E-state index contributed by atoms with van der Waals surface area (Å²) in [4.78, 5) is 69.1. The summed E-state index contributed by atoms with van der Waals surface area (Å²) in [6, 6.07) is 23.1. The van der Waals surface area contributed by atoms with Gasteiger partial charge >= 0.3 is 12.2 Å². The Hall–Kier alpha value is -6.90. The second kappa shape index (κ2) is 27.0. The van der Waals surface area contributed by atoms with Crippen LogP contribution < -0.4 is 15.8 Å². The number of nitrogens with one attached hydrogen (secondary N) is 3. The third-order valence-corrected chi connectivity index (χ3v) is 11.5. The molecule has 1 aliphatic heterocycles. The van der Waals surface area contributed by atoms with Crippen LogP contribution in [0, 0.1) is 5.92 Å². The maximum atomic E-state index is 14.0. The van der Waals surface area contributed by atoms with Gasteiger partial charge in [-0.2, -0.15) is 0 Å². The maximum absolute atomic E-state index is 14.0. The molecular formula is C53H74N8O7. The van der Waals surface area contributed by atoms with Crippen molar-refractivity contribution in [2.75, 3.05) is 20.8 Å². The number of rotatable bonds is 15. The molecule has 2 unspecified atom stereocenters. The molecule has 15 heteroatoms. The summed E-state index contributed by atoms with van der Waals surface area (Å²) >= 11 is 0. The van der Waals surface area contributed by atoms with E-state index in [-0.39, 0.29) is 31.8 Å². The number of aromatic nitrogens is 4. The first kappa shape index (κ1) is 55.4. The van der Waals surface area contributed by atoms with Crippen LogP contribution in [0.5, 0.6) is 5.75 Å². The largest absolute Gasteiger partial charge is 0.488 e. The highest BCUT2D eigenvalue weighted by molar-refractivity contribution is 6.07. The Kier molecular flexibility index (Phi) is 22.0. The van der Waals surface area contributed by atoms with Gasteiger partial charge < -0.3 is 45.0 Å². The fourth-order valence-corrected chi connectivity index (χ4v) is 7.61. The van der Waals surface area contributed by atoms with Crippen molar-refractivity contribution < 1.29 is 33.4 Å². The zero-order valence-electron chi connectivity index (χ0n) is 41.1. The minimum atomic E-state index is -0.911. The van der Waals surface area contributed by atoms with Gasteiger partial charge in [0, 0.05) is 30.0 Å². The van der Waals surface area contributed by atoms with E-state index in [0.29, 0.717) is 43.4 Å². The van der Waals surface area contributed by atoms with Crippen molar-refractivity contribution in [3.8, 4) is 28.1 Å². The molecule has 4 aromatic carbocycles. The van der Waals surface area contributed by atoms with E-state index in [1.807, 2.05) is 82.1 Å². The number of benzene rings is 4. The van der Waals surface area contributed by atoms with Crippen molar-refractivity contribution in [3.63, 3.8) is 0 Å². The first-order valence-electron chi connectivity index (χ1n) is 23.4. The molecular weight excluding hydrogens is 861 g/mol. The van der Waals surface area contributed by atoms with Crippen LogP contribution in [-0.2, 0) is 38.8 Å². The number of nitrogens with two attached hydrogens (primary N) is 1. The number of aromatic amines is 2. The molecule has 2 aromatic heterocycles. The standard InChI is InChI=1S/C46H53N7O5.C2H5NO2.2C2H6.CH4/c1-7-19-52(45(55)43(51-46(56)57-6)30-13-11-10-12-14-30)25-41-48-37-18-16-31-22-36-34-17-15-32(21-33(34)27-58-39(36)23-35(31)44(37)50-41)38-24-47-40(49-38)26-53(29(5)9-3)42(54)20-28(4)8-2;1-5-2(3)4;2*1-2;/h10-18,21-24,28-29,43H,7-9,19-20,25-27H2,1-6H3,(H,47,49)(H,48,50)(H,51,56);1H3,(H2,3,4);2*1-2H3;1H4/t28?,29-,43?;;;;/m0..../s1. The molecule has 6 aromatic rings. The Bertz CT molecular complexity index is 2550. The van der Waals surface area contributed by atoms with E-state index in [9.17, 15) is 19.2 Å². The van der Waals surface area contributed by atoms with Gasteiger partial charge in [-0.25, -0.2) is 19.6 Å². The van der Waals surface area contributed by atoms with Crippen LogP contribution in [0.1, 0.15) is 124 Å². The Balaban J connectivity index is 0.00000114. The van der Waals surface area contributed by atoms with Gasteiger partial charge in [-0.3, -0.25) is 9.59 Å². The predicted octanol–water partition coefficient (Wildman–Crippen LogP) is 11.5. The third-order valence-electron chi connectivity index (χ3n) is 11.5. The summed E-state index contributed by atoms with van der Waals surface area (Å²) < 4.78 is 15.1. The molecule has 0 saturated heterocycles. The second-order valence-corrected chi connectivity index (χ2v) is 15.9. The van der Waals surface area contributed by atoms with Crippen LogP contribution in [0.25, 0.3) is 44.2 Å². The smallest absolute Gasteiger partial charge is 0.407 e. The number of alkyl carbamates (subject to hydrolysis) is 1. The minimum Gasteiger partial charge on any atom is -0.488 e. The summed E-state index contributed by atoms with van der Waals surface area (Å²) in [7, 11) is 2.51. The molecule has 368 valence electrons. The van der Waals surface area contributed by atoms with Crippen LogP contribution in [0.15, 0.2) is 79.0 Å². The number of fused-ring (bicyclic) bond motifs is 6. The average molecular weight is 935 g/mol. The number of ether oxygens (including phenoxy) is 3. The van der Waals surface area contributed by atoms with Crippen LogP contribution in [0.3, 0.4) is 0 Å². The van der Waals surface area contributed by atoms with Crippen molar-refractivity contribution in [2.24, 2.45) is 11.7 Å². The van der Waals surface area contributed by atoms with E-state index in [1.54, 1.807) is 4.90 Å². The molecule has 3 atom stereocenters. The van der Waals surface area contributed by atoms with E-state index in [0.717, 1.165) is 80.6 Å². The Morgan fingerprint density at radius 2 is 1.56 bits per heavy atom. The molecule has 0 spiro atoms. The number of primary amides is 1. The Labute approximate surface area is 402 Å². The molecule has 0 radical (unpaired) electrons. The van der Waals surface area contributed by atoms with E-state index in [4.69, 9.17) is 14.5 Å². The van der Waals surface area contributed by atoms with Gasteiger partial charge in [0.15, 0.2) is 0 Å². The number of nitrogens with zero attached hydrogens (tertiary/aromatic N) is 4. The van der Waals surface area contributed by atoms with E-state index >= 15 is 0 Å².